The molecule has 6 heteroatoms. The number of imidazole rings is 1. The third-order valence-electron chi connectivity index (χ3n) is 3.80. The predicted octanol–water partition coefficient (Wildman–Crippen LogP) is 2.25. The summed E-state index contributed by atoms with van der Waals surface area (Å²) in [4.78, 5) is 4.38. The standard InChI is InChI=1S/C16H13N3O2S/c20-22(21,12-6-2-1-3-7-12)18-16-13-8-4-5-9-14(13)19-11-17-10-15(16)19/h1-11,16,18H. The van der Waals surface area contributed by atoms with E-state index < -0.39 is 16.1 Å². The topological polar surface area (TPSA) is 64.0 Å². The number of para-hydroxylation sites is 1. The Hall–Kier alpha value is -2.44. The van der Waals surface area contributed by atoms with Crippen LogP contribution in [0.5, 0.6) is 0 Å². The zero-order valence-electron chi connectivity index (χ0n) is 11.5. The number of benzene rings is 2. The van der Waals surface area contributed by atoms with E-state index in [0.717, 1.165) is 16.9 Å². The highest BCUT2D eigenvalue weighted by Crippen LogP contribution is 2.36. The highest BCUT2D eigenvalue weighted by molar-refractivity contribution is 7.89. The summed E-state index contributed by atoms with van der Waals surface area (Å²) in [6, 6.07) is 15.7. The quantitative estimate of drug-likeness (QED) is 0.807. The Balaban J connectivity index is 1.79. The van der Waals surface area contributed by atoms with Gasteiger partial charge in [0.2, 0.25) is 10.0 Å². The van der Waals surface area contributed by atoms with Crippen LogP contribution in [0.1, 0.15) is 17.3 Å². The molecule has 0 aliphatic carbocycles. The first-order chi connectivity index (χ1) is 10.7. The van der Waals surface area contributed by atoms with Crippen LogP contribution in [0.4, 0.5) is 0 Å². The Kier molecular flexibility index (Phi) is 2.88. The molecule has 0 bridgehead atoms. The summed E-state index contributed by atoms with van der Waals surface area (Å²) in [5, 5.41) is 0. The van der Waals surface area contributed by atoms with Gasteiger partial charge in [0, 0.05) is 5.56 Å². The fourth-order valence-electron chi connectivity index (χ4n) is 2.78. The van der Waals surface area contributed by atoms with Crippen molar-refractivity contribution >= 4 is 10.0 Å². The second kappa shape index (κ2) is 4.79. The SMILES string of the molecule is O=S(=O)(NC1c2ccccc2-n2cncc21)c1ccccc1. The second-order valence-corrected chi connectivity index (χ2v) is 6.83. The monoisotopic (exact) mass is 311 g/mol. The van der Waals surface area contributed by atoms with E-state index in [0.29, 0.717) is 0 Å². The Bertz CT molecular complexity index is 933. The van der Waals surface area contributed by atoms with Crippen molar-refractivity contribution in [2.45, 2.75) is 10.9 Å². The number of hydrogen-bond acceptors (Lipinski definition) is 3. The molecule has 0 amide bonds. The predicted molar refractivity (Wildman–Crippen MR) is 82.2 cm³/mol. The Morgan fingerprint density at radius 3 is 2.55 bits per heavy atom. The first kappa shape index (κ1) is 13.2. The van der Waals surface area contributed by atoms with Gasteiger partial charge in [-0.2, -0.15) is 4.72 Å². The van der Waals surface area contributed by atoms with Gasteiger partial charge in [-0.1, -0.05) is 36.4 Å². The molecular weight excluding hydrogens is 298 g/mol. The van der Waals surface area contributed by atoms with Gasteiger partial charge in [-0.25, -0.2) is 13.4 Å². The van der Waals surface area contributed by atoms with Crippen LogP contribution in [-0.4, -0.2) is 18.0 Å². The average molecular weight is 311 g/mol. The van der Waals surface area contributed by atoms with E-state index in [4.69, 9.17) is 0 Å². The van der Waals surface area contributed by atoms with Gasteiger partial charge in [0.05, 0.1) is 34.8 Å². The van der Waals surface area contributed by atoms with Crippen molar-refractivity contribution < 1.29 is 8.42 Å². The van der Waals surface area contributed by atoms with Crippen LogP contribution in [0.25, 0.3) is 5.69 Å². The molecule has 2 aromatic carbocycles. The van der Waals surface area contributed by atoms with Crippen molar-refractivity contribution in [1.29, 1.82) is 0 Å². The van der Waals surface area contributed by atoms with Gasteiger partial charge in [0.1, 0.15) is 0 Å². The maximum absolute atomic E-state index is 12.6. The summed E-state index contributed by atoms with van der Waals surface area (Å²) in [5.41, 5.74) is 2.70. The zero-order valence-corrected chi connectivity index (χ0v) is 12.4. The molecular formula is C16H13N3O2S. The maximum atomic E-state index is 12.6. The molecule has 110 valence electrons. The molecule has 22 heavy (non-hydrogen) atoms. The summed E-state index contributed by atoms with van der Waals surface area (Å²) in [5.74, 6) is 0. The second-order valence-electron chi connectivity index (χ2n) is 5.11. The summed E-state index contributed by atoms with van der Waals surface area (Å²) in [6.45, 7) is 0. The van der Waals surface area contributed by atoms with E-state index in [1.165, 1.54) is 0 Å². The Morgan fingerprint density at radius 1 is 1.00 bits per heavy atom. The largest absolute Gasteiger partial charge is 0.301 e. The molecule has 0 saturated carbocycles. The minimum atomic E-state index is -3.60. The molecule has 1 atom stereocenters. The molecule has 2 heterocycles. The summed E-state index contributed by atoms with van der Waals surface area (Å²) in [7, 11) is -3.60. The van der Waals surface area contributed by atoms with Gasteiger partial charge >= 0.3 is 0 Å². The molecule has 0 radical (unpaired) electrons. The molecule has 0 spiro atoms. The number of sulfonamides is 1. The molecule has 1 aromatic heterocycles. The fraction of sp³-hybridized carbons (Fsp3) is 0.0625. The van der Waals surface area contributed by atoms with Crippen LogP contribution in [0.3, 0.4) is 0 Å². The molecule has 1 unspecified atom stereocenters. The van der Waals surface area contributed by atoms with Crippen molar-refractivity contribution in [3.8, 4) is 5.69 Å². The molecule has 3 aromatic rings. The van der Waals surface area contributed by atoms with Gasteiger partial charge in [-0.3, -0.25) is 0 Å². The van der Waals surface area contributed by atoms with Crippen LogP contribution in [-0.2, 0) is 10.0 Å². The van der Waals surface area contributed by atoms with Crippen LogP contribution < -0.4 is 4.72 Å². The first-order valence-corrected chi connectivity index (χ1v) is 8.34. The number of aromatic nitrogens is 2. The summed E-state index contributed by atoms with van der Waals surface area (Å²) < 4.78 is 29.9. The first-order valence-electron chi connectivity index (χ1n) is 6.86. The van der Waals surface area contributed by atoms with E-state index in [9.17, 15) is 8.42 Å². The van der Waals surface area contributed by atoms with Crippen LogP contribution in [0.2, 0.25) is 0 Å². The maximum Gasteiger partial charge on any atom is 0.241 e. The third-order valence-corrected chi connectivity index (χ3v) is 5.24. The molecule has 1 N–H and O–H groups in total. The van der Waals surface area contributed by atoms with E-state index >= 15 is 0 Å². The molecule has 0 saturated heterocycles. The van der Waals surface area contributed by atoms with Crippen molar-refractivity contribution in [1.82, 2.24) is 14.3 Å². The van der Waals surface area contributed by atoms with Crippen molar-refractivity contribution in [2.75, 3.05) is 0 Å². The fourth-order valence-corrected chi connectivity index (χ4v) is 3.99. The molecule has 5 nitrogen and oxygen atoms in total. The highest BCUT2D eigenvalue weighted by Gasteiger charge is 2.32. The minimum Gasteiger partial charge on any atom is -0.301 e. The normalized spacial score (nSPS) is 16.3. The van der Waals surface area contributed by atoms with Gasteiger partial charge in [0.25, 0.3) is 0 Å². The van der Waals surface area contributed by atoms with Crippen molar-refractivity contribution in [3.63, 3.8) is 0 Å². The summed E-state index contributed by atoms with van der Waals surface area (Å²) in [6.07, 6.45) is 3.39. The number of fused-ring (bicyclic) bond motifs is 3. The van der Waals surface area contributed by atoms with Crippen molar-refractivity contribution in [2.24, 2.45) is 0 Å². The zero-order chi connectivity index (χ0) is 15.2. The van der Waals surface area contributed by atoms with Gasteiger partial charge in [-0.05, 0) is 18.2 Å². The van der Waals surface area contributed by atoms with E-state index in [1.54, 1.807) is 42.9 Å². The van der Waals surface area contributed by atoms with Crippen LogP contribution in [0, 0.1) is 0 Å². The molecule has 0 fully saturated rings. The lowest BCUT2D eigenvalue weighted by atomic mass is 10.1. The van der Waals surface area contributed by atoms with Gasteiger partial charge < -0.3 is 4.57 Å². The molecule has 1 aliphatic heterocycles. The molecule has 1 aliphatic rings. The number of nitrogens with one attached hydrogen (secondary N) is 1. The highest BCUT2D eigenvalue weighted by atomic mass is 32.2. The lowest BCUT2D eigenvalue weighted by Gasteiger charge is -2.14. The third kappa shape index (κ3) is 1.96. The van der Waals surface area contributed by atoms with Gasteiger partial charge in [0.15, 0.2) is 0 Å². The number of hydrogen-bond donors (Lipinski definition) is 1. The average Bonchev–Trinajstić information content (AvgIpc) is 3.12. The van der Waals surface area contributed by atoms with E-state index in [-0.39, 0.29) is 4.90 Å². The van der Waals surface area contributed by atoms with E-state index in [2.05, 4.69) is 9.71 Å². The lowest BCUT2D eigenvalue weighted by molar-refractivity contribution is 0.572. The van der Waals surface area contributed by atoms with E-state index in [1.807, 2.05) is 28.8 Å². The Morgan fingerprint density at radius 2 is 1.73 bits per heavy atom. The van der Waals surface area contributed by atoms with Crippen molar-refractivity contribution in [3.05, 3.63) is 78.4 Å². The summed E-state index contributed by atoms with van der Waals surface area (Å²) >= 11 is 0. The number of rotatable bonds is 3. The lowest BCUT2D eigenvalue weighted by Crippen LogP contribution is -2.28. The number of nitrogens with zero attached hydrogens (tertiary/aromatic N) is 2. The van der Waals surface area contributed by atoms with Gasteiger partial charge in [-0.15, -0.1) is 0 Å². The molecule has 4 rings (SSSR count). The van der Waals surface area contributed by atoms with Crippen LogP contribution in [0.15, 0.2) is 72.0 Å². The Labute approximate surface area is 128 Å². The minimum absolute atomic E-state index is 0.255. The smallest absolute Gasteiger partial charge is 0.241 e. The van der Waals surface area contributed by atoms with Crippen LogP contribution >= 0.6 is 0 Å².